The standard InChI is InChI=1S/C15H18ClNO2S/c1-18-8-7-17-10-12-4-2-6-14(16)15(12)19-11-13-5-3-9-20-13/h2-6,9,17H,7-8,10-11H2,1H3. The van der Waals surface area contributed by atoms with E-state index in [0.29, 0.717) is 24.8 Å². The number of nitrogens with one attached hydrogen (secondary N) is 1. The Labute approximate surface area is 128 Å². The van der Waals surface area contributed by atoms with Gasteiger partial charge in [0.1, 0.15) is 12.4 Å². The summed E-state index contributed by atoms with van der Waals surface area (Å²) in [6.07, 6.45) is 0. The molecule has 0 amide bonds. The van der Waals surface area contributed by atoms with E-state index in [1.807, 2.05) is 29.6 Å². The maximum Gasteiger partial charge on any atom is 0.142 e. The van der Waals surface area contributed by atoms with Gasteiger partial charge in [-0.15, -0.1) is 11.3 Å². The van der Waals surface area contributed by atoms with Gasteiger partial charge < -0.3 is 14.8 Å². The Hall–Kier alpha value is -1.07. The number of benzene rings is 1. The van der Waals surface area contributed by atoms with E-state index in [9.17, 15) is 0 Å². The van der Waals surface area contributed by atoms with Gasteiger partial charge in [-0.2, -0.15) is 0 Å². The fourth-order valence-electron chi connectivity index (χ4n) is 1.79. The maximum absolute atomic E-state index is 6.24. The molecule has 0 fully saturated rings. The summed E-state index contributed by atoms with van der Waals surface area (Å²) < 4.78 is 10.9. The highest BCUT2D eigenvalue weighted by molar-refractivity contribution is 7.09. The zero-order chi connectivity index (χ0) is 14.2. The lowest BCUT2D eigenvalue weighted by molar-refractivity contribution is 0.199. The van der Waals surface area contributed by atoms with Gasteiger partial charge in [0, 0.05) is 30.6 Å². The van der Waals surface area contributed by atoms with E-state index in [1.54, 1.807) is 18.4 Å². The molecule has 3 nitrogen and oxygen atoms in total. The van der Waals surface area contributed by atoms with Gasteiger partial charge in [0.05, 0.1) is 11.6 Å². The molecule has 20 heavy (non-hydrogen) atoms. The largest absolute Gasteiger partial charge is 0.486 e. The van der Waals surface area contributed by atoms with Crippen molar-refractivity contribution in [1.29, 1.82) is 0 Å². The maximum atomic E-state index is 6.24. The van der Waals surface area contributed by atoms with Crippen LogP contribution in [0.5, 0.6) is 5.75 Å². The summed E-state index contributed by atoms with van der Waals surface area (Å²) in [5, 5.41) is 5.99. The summed E-state index contributed by atoms with van der Waals surface area (Å²) in [5.41, 5.74) is 1.06. The monoisotopic (exact) mass is 311 g/mol. The molecule has 0 radical (unpaired) electrons. The fraction of sp³-hybridized carbons (Fsp3) is 0.333. The average molecular weight is 312 g/mol. The van der Waals surface area contributed by atoms with Crippen LogP contribution < -0.4 is 10.1 Å². The quantitative estimate of drug-likeness (QED) is 0.754. The van der Waals surface area contributed by atoms with E-state index in [2.05, 4.69) is 11.4 Å². The molecular formula is C15H18ClNO2S. The summed E-state index contributed by atoms with van der Waals surface area (Å²) in [6.45, 7) is 2.75. The number of halogens is 1. The lowest BCUT2D eigenvalue weighted by atomic mass is 10.2. The number of para-hydroxylation sites is 1. The predicted octanol–water partition coefficient (Wildman–Crippen LogP) is 3.72. The summed E-state index contributed by atoms with van der Waals surface area (Å²) in [7, 11) is 1.69. The van der Waals surface area contributed by atoms with Crippen molar-refractivity contribution in [2.24, 2.45) is 0 Å². The first kappa shape index (κ1) is 15.3. The van der Waals surface area contributed by atoms with Crippen molar-refractivity contribution in [2.45, 2.75) is 13.2 Å². The van der Waals surface area contributed by atoms with Crippen LogP contribution in [0.25, 0.3) is 0 Å². The van der Waals surface area contributed by atoms with Gasteiger partial charge in [0.15, 0.2) is 0 Å². The van der Waals surface area contributed by atoms with Crippen LogP contribution in [0.3, 0.4) is 0 Å². The molecule has 108 valence electrons. The first-order valence-corrected chi connectivity index (χ1v) is 7.69. The average Bonchev–Trinajstić information content (AvgIpc) is 2.96. The van der Waals surface area contributed by atoms with Gasteiger partial charge in [0.25, 0.3) is 0 Å². The molecule has 1 aromatic heterocycles. The SMILES string of the molecule is COCCNCc1cccc(Cl)c1OCc1cccs1. The summed E-state index contributed by atoms with van der Waals surface area (Å²) in [6, 6.07) is 9.88. The van der Waals surface area contributed by atoms with Crippen molar-refractivity contribution < 1.29 is 9.47 Å². The molecule has 0 bridgehead atoms. The Morgan fingerprint density at radius 2 is 2.15 bits per heavy atom. The molecule has 0 saturated carbocycles. The molecule has 2 rings (SSSR count). The molecule has 0 spiro atoms. The van der Waals surface area contributed by atoms with Crippen molar-refractivity contribution in [3.05, 3.63) is 51.2 Å². The lowest BCUT2D eigenvalue weighted by Crippen LogP contribution is -2.19. The van der Waals surface area contributed by atoms with Crippen LogP contribution in [0, 0.1) is 0 Å². The number of thiophene rings is 1. The van der Waals surface area contributed by atoms with E-state index in [0.717, 1.165) is 17.9 Å². The summed E-state index contributed by atoms with van der Waals surface area (Å²) >= 11 is 7.91. The van der Waals surface area contributed by atoms with Crippen LogP contribution in [0.2, 0.25) is 5.02 Å². The zero-order valence-corrected chi connectivity index (χ0v) is 13.0. The molecule has 2 aromatic rings. The molecule has 1 heterocycles. The van der Waals surface area contributed by atoms with Crippen molar-refractivity contribution in [1.82, 2.24) is 5.32 Å². The normalized spacial score (nSPS) is 10.7. The molecule has 0 aliphatic heterocycles. The second kappa shape index (κ2) is 8.27. The molecule has 0 unspecified atom stereocenters. The molecule has 0 aliphatic rings. The Morgan fingerprint density at radius 3 is 2.90 bits per heavy atom. The highest BCUT2D eigenvalue weighted by atomic mass is 35.5. The Kier molecular flexibility index (Phi) is 6.33. The van der Waals surface area contributed by atoms with Gasteiger partial charge in [-0.1, -0.05) is 29.8 Å². The minimum absolute atomic E-state index is 0.548. The minimum atomic E-state index is 0.548. The van der Waals surface area contributed by atoms with E-state index < -0.39 is 0 Å². The first-order chi connectivity index (χ1) is 9.81. The molecular weight excluding hydrogens is 294 g/mol. The van der Waals surface area contributed by atoms with Crippen molar-refractivity contribution in [3.63, 3.8) is 0 Å². The smallest absolute Gasteiger partial charge is 0.142 e. The molecule has 0 saturated heterocycles. The van der Waals surface area contributed by atoms with Crippen molar-refractivity contribution >= 4 is 22.9 Å². The third kappa shape index (κ3) is 4.49. The van der Waals surface area contributed by atoms with E-state index in [1.165, 1.54) is 4.88 Å². The summed E-state index contributed by atoms with van der Waals surface area (Å²) in [5.74, 6) is 0.757. The molecule has 0 atom stereocenters. The Morgan fingerprint density at radius 1 is 1.25 bits per heavy atom. The lowest BCUT2D eigenvalue weighted by Gasteiger charge is -2.13. The van der Waals surface area contributed by atoms with Gasteiger partial charge >= 0.3 is 0 Å². The number of hydrogen-bond donors (Lipinski definition) is 1. The van der Waals surface area contributed by atoms with Crippen LogP contribution >= 0.6 is 22.9 Å². The van der Waals surface area contributed by atoms with Gasteiger partial charge in [-0.05, 0) is 17.5 Å². The van der Waals surface area contributed by atoms with Crippen LogP contribution in [0.4, 0.5) is 0 Å². The second-order valence-corrected chi connectivity index (χ2v) is 5.71. The van der Waals surface area contributed by atoms with Crippen LogP contribution in [-0.4, -0.2) is 20.3 Å². The summed E-state index contributed by atoms with van der Waals surface area (Å²) in [4.78, 5) is 1.18. The van der Waals surface area contributed by atoms with Gasteiger partial charge in [-0.3, -0.25) is 0 Å². The predicted molar refractivity (Wildman–Crippen MR) is 83.7 cm³/mol. The number of ether oxygens (including phenoxy) is 2. The number of methoxy groups -OCH3 is 1. The molecule has 0 aliphatic carbocycles. The third-order valence-electron chi connectivity index (χ3n) is 2.79. The fourth-order valence-corrected chi connectivity index (χ4v) is 2.65. The van der Waals surface area contributed by atoms with E-state index in [4.69, 9.17) is 21.1 Å². The van der Waals surface area contributed by atoms with Crippen LogP contribution in [-0.2, 0) is 17.9 Å². The molecule has 5 heteroatoms. The number of rotatable bonds is 8. The van der Waals surface area contributed by atoms with Crippen LogP contribution in [0.15, 0.2) is 35.7 Å². The Balaban J connectivity index is 1.98. The van der Waals surface area contributed by atoms with Crippen LogP contribution in [0.1, 0.15) is 10.4 Å². The Bertz CT molecular complexity index is 517. The van der Waals surface area contributed by atoms with E-state index >= 15 is 0 Å². The molecule has 1 N–H and O–H groups in total. The topological polar surface area (TPSA) is 30.5 Å². The van der Waals surface area contributed by atoms with Gasteiger partial charge in [0.2, 0.25) is 0 Å². The second-order valence-electron chi connectivity index (χ2n) is 4.27. The third-order valence-corrected chi connectivity index (χ3v) is 3.93. The zero-order valence-electron chi connectivity index (χ0n) is 11.4. The van der Waals surface area contributed by atoms with E-state index in [-0.39, 0.29) is 0 Å². The van der Waals surface area contributed by atoms with Crippen molar-refractivity contribution in [3.8, 4) is 5.75 Å². The minimum Gasteiger partial charge on any atom is -0.486 e. The highest BCUT2D eigenvalue weighted by Gasteiger charge is 2.08. The molecule has 1 aromatic carbocycles. The highest BCUT2D eigenvalue weighted by Crippen LogP contribution is 2.29. The number of hydrogen-bond acceptors (Lipinski definition) is 4. The first-order valence-electron chi connectivity index (χ1n) is 6.43. The van der Waals surface area contributed by atoms with Gasteiger partial charge in [-0.25, -0.2) is 0 Å². The van der Waals surface area contributed by atoms with Crippen molar-refractivity contribution in [2.75, 3.05) is 20.3 Å².